The van der Waals surface area contributed by atoms with Crippen molar-refractivity contribution in [3.05, 3.63) is 29.8 Å². The number of amides is 2. The first kappa shape index (κ1) is 17.5. The molecule has 1 atom stereocenters. The lowest BCUT2D eigenvalue weighted by Gasteiger charge is -2.28. The molecule has 0 saturated heterocycles. The maximum atomic E-state index is 12.4. The van der Waals surface area contributed by atoms with Gasteiger partial charge in [-0.3, -0.25) is 9.59 Å². The van der Waals surface area contributed by atoms with Crippen LogP contribution in [0.15, 0.2) is 24.3 Å². The molecule has 1 unspecified atom stereocenters. The summed E-state index contributed by atoms with van der Waals surface area (Å²) in [5, 5.41) is 6.05. The Bertz CT molecular complexity index is 548. The average Bonchev–Trinajstić information content (AvgIpc) is 2.54. The third kappa shape index (κ3) is 5.08. The molecule has 1 aliphatic rings. The molecular formula is C19H28N2O2. The standard InChI is InChI=1S/C19H28N2O2/c1-4-14(3)20-18(22)15-8-10-16(11-9-15)19(23)21-17-7-5-6-13(2)12-17/h5-7,12,14-16H,4,8-11H2,1-3H3,(H,20,22)(H,21,23). The van der Waals surface area contributed by atoms with Crippen molar-refractivity contribution in [2.75, 3.05) is 5.32 Å². The molecule has 2 N–H and O–H groups in total. The zero-order valence-corrected chi connectivity index (χ0v) is 14.4. The number of aryl methyl sites for hydroxylation is 1. The largest absolute Gasteiger partial charge is 0.353 e. The minimum Gasteiger partial charge on any atom is -0.353 e. The van der Waals surface area contributed by atoms with E-state index in [0.29, 0.717) is 0 Å². The predicted octanol–water partition coefficient (Wildman–Crippen LogP) is 3.65. The Labute approximate surface area is 139 Å². The zero-order valence-electron chi connectivity index (χ0n) is 14.4. The van der Waals surface area contributed by atoms with Crippen LogP contribution in [0.3, 0.4) is 0 Å². The van der Waals surface area contributed by atoms with E-state index in [9.17, 15) is 9.59 Å². The Kier molecular flexibility index (Phi) is 6.20. The van der Waals surface area contributed by atoms with E-state index in [2.05, 4.69) is 17.6 Å². The molecule has 4 heteroatoms. The molecule has 0 aromatic heterocycles. The minimum atomic E-state index is 0.0168. The SMILES string of the molecule is CCC(C)NC(=O)C1CCC(C(=O)Nc2cccc(C)c2)CC1. The van der Waals surface area contributed by atoms with Gasteiger partial charge in [0.1, 0.15) is 0 Å². The van der Waals surface area contributed by atoms with Gasteiger partial charge in [-0.1, -0.05) is 19.1 Å². The fourth-order valence-corrected chi connectivity index (χ4v) is 3.05. The number of hydrogen-bond donors (Lipinski definition) is 2. The van der Waals surface area contributed by atoms with E-state index in [1.54, 1.807) is 0 Å². The van der Waals surface area contributed by atoms with Crippen LogP contribution in [0, 0.1) is 18.8 Å². The summed E-state index contributed by atoms with van der Waals surface area (Å²) in [5.41, 5.74) is 1.99. The van der Waals surface area contributed by atoms with E-state index in [0.717, 1.165) is 43.4 Å². The number of nitrogens with one attached hydrogen (secondary N) is 2. The van der Waals surface area contributed by atoms with Gasteiger partial charge in [0.25, 0.3) is 0 Å². The Morgan fingerprint density at radius 1 is 1.13 bits per heavy atom. The fraction of sp³-hybridized carbons (Fsp3) is 0.579. The lowest BCUT2D eigenvalue weighted by atomic mass is 9.81. The highest BCUT2D eigenvalue weighted by atomic mass is 16.2. The van der Waals surface area contributed by atoms with Gasteiger partial charge in [-0.25, -0.2) is 0 Å². The summed E-state index contributed by atoms with van der Waals surface area (Å²) in [5.74, 6) is 0.309. The van der Waals surface area contributed by atoms with Gasteiger partial charge >= 0.3 is 0 Å². The first-order valence-corrected chi connectivity index (χ1v) is 8.67. The van der Waals surface area contributed by atoms with Gasteiger partial charge in [0.2, 0.25) is 11.8 Å². The molecule has 1 aromatic carbocycles. The molecule has 0 heterocycles. The number of hydrogen-bond acceptors (Lipinski definition) is 2. The summed E-state index contributed by atoms with van der Waals surface area (Å²) in [6.45, 7) is 6.10. The molecule has 0 spiro atoms. The van der Waals surface area contributed by atoms with Crippen LogP contribution in [0.1, 0.15) is 51.5 Å². The van der Waals surface area contributed by atoms with Gasteiger partial charge in [-0.15, -0.1) is 0 Å². The van der Waals surface area contributed by atoms with Crippen molar-refractivity contribution in [3.8, 4) is 0 Å². The molecule has 1 aliphatic carbocycles. The highest BCUT2D eigenvalue weighted by molar-refractivity contribution is 5.92. The predicted molar refractivity (Wildman–Crippen MR) is 93.2 cm³/mol. The second-order valence-corrected chi connectivity index (χ2v) is 6.73. The minimum absolute atomic E-state index is 0.0168. The van der Waals surface area contributed by atoms with Gasteiger partial charge in [0.05, 0.1) is 0 Å². The molecule has 23 heavy (non-hydrogen) atoms. The lowest BCUT2D eigenvalue weighted by Crippen LogP contribution is -2.39. The Morgan fingerprint density at radius 3 is 2.30 bits per heavy atom. The highest BCUT2D eigenvalue weighted by Crippen LogP contribution is 2.30. The quantitative estimate of drug-likeness (QED) is 0.871. The van der Waals surface area contributed by atoms with Crippen molar-refractivity contribution in [2.24, 2.45) is 11.8 Å². The number of benzene rings is 1. The monoisotopic (exact) mass is 316 g/mol. The molecule has 126 valence electrons. The molecule has 0 aliphatic heterocycles. The summed E-state index contributed by atoms with van der Waals surface area (Å²) in [7, 11) is 0. The van der Waals surface area contributed by atoms with E-state index in [4.69, 9.17) is 0 Å². The molecular weight excluding hydrogens is 288 g/mol. The van der Waals surface area contributed by atoms with Crippen LogP contribution in [-0.4, -0.2) is 17.9 Å². The zero-order chi connectivity index (χ0) is 16.8. The van der Waals surface area contributed by atoms with E-state index >= 15 is 0 Å². The number of rotatable bonds is 5. The van der Waals surface area contributed by atoms with Gasteiger partial charge in [-0.05, 0) is 63.6 Å². The molecule has 4 nitrogen and oxygen atoms in total. The van der Waals surface area contributed by atoms with Crippen molar-refractivity contribution in [1.29, 1.82) is 0 Å². The van der Waals surface area contributed by atoms with Crippen LogP contribution in [0.25, 0.3) is 0 Å². The van der Waals surface area contributed by atoms with E-state index in [1.165, 1.54) is 0 Å². The van der Waals surface area contributed by atoms with Crippen LogP contribution in [0.2, 0.25) is 0 Å². The van der Waals surface area contributed by atoms with E-state index < -0.39 is 0 Å². The average molecular weight is 316 g/mol. The first-order chi connectivity index (χ1) is 11.0. The Hall–Kier alpha value is -1.84. The number of carbonyl (C=O) groups excluding carboxylic acids is 2. The Balaban J connectivity index is 1.82. The van der Waals surface area contributed by atoms with Crippen LogP contribution in [0.4, 0.5) is 5.69 Å². The van der Waals surface area contributed by atoms with Crippen molar-refractivity contribution < 1.29 is 9.59 Å². The van der Waals surface area contributed by atoms with Crippen LogP contribution in [-0.2, 0) is 9.59 Å². The van der Waals surface area contributed by atoms with Crippen molar-refractivity contribution >= 4 is 17.5 Å². The summed E-state index contributed by atoms with van der Waals surface area (Å²) >= 11 is 0. The smallest absolute Gasteiger partial charge is 0.227 e. The molecule has 0 bridgehead atoms. The maximum absolute atomic E-state index is 12.4. The normalized spacial score (nSPS) is 22.2. The summed E-state index contributed by atoms with van der Waals surface area (Å²) in [6, 6.07) is 8.07. The van der Waals surface area contributed by atoms with Gasteiger partial charge in [0.15, 0.2) is 0 Å². The summed E-state index contributed by atoms with van der Waals surface area (Å²) < 4.78 is 0. The van der Waals surface area contributed by atoms with E-state index in [1.807, 2.05) is 38.1 Å². The van der Waals surface area contributed by atoms with Gasteiger partial charge in [0, 0.05) is 23.6 Å². The molecule has 0 radical (unpaired) electrons. The summed E-state index contributed by atoms with van der Waals surface area (Å²) in [6.07, 6.45) is 4.12. The molecule has 2 rings (SSSR count). The summed E-state index contributed by atoms with van der Waals surface area (Å²) in [4.78, 5) is 24.5. The maximum Gasteiger partial charge on any atom is 0.227 e. The van der Waals surface area contributed by atoms with Crippen LogP contribution in [0.5, 0.6) is 0 Å². The fourth-order valence-electron chi connectivity index (χ4n) is 3.05. The van der Waals surface area contributed by atoms with Crippen molar-refractivity contribution in [3.63, 3.8) is 0 Å². The highest BCUT2D eigenvalue weighted by Gasteiger charge is 2.30. The molecule has 2 amide bonds. The number of carbonyl (C=O) groups is 2. The van der Waals surface area contributed by atoms with Crippen LogP contribution < -0.4 is 10.6 Å². The molecule has 1 saturated carbocycles. The van der Waals surface area contributed by atoms with Crippen molar-refractivity contribution in [2.45, 2.75) is 58.9 Å². The van der Waals surface area contributed by atoms with Crippen LogP contribution >= 0.6 is 0 Å². The van der Waals surface area contributed by atoms with Gasteiger partial charge in [-0.2, -0.15) is 0 Å². The Morgan fingerprint density at radius 2 is 1.74 bits per heavy atom. The second kappa shape index (κ2) is 8.14. The first-order valence-electron chi connectivity index (χ1n) is 8.67. The number of anilines is 1. The van der Waals surface area contributed by atoms with E-state index in [-0.39, 0.29) is 29.7 Å². The molecule has 1 aromatic rings. The topological polar surface area (TPSA) is 58.2 Å². The van der Waals surface area contributed by atoms with Gasteiger partial charge < -0.3 is 10.6 Å². The molecule has 1 fully saturated rings. The third-order valence-electron chi connectivity index (χ3n) is 4.76. The lowest BCUT2D eigenvalue weighted by molar-refractivity contribution is -0.129. The second-order valence-electron chi connectivity index (χ2n) is 6.73. The third-order valence-corrected chi connectivity index (χ3v) is 4.76. The van der Waals surface area contributed by atoms with Crippen molar-refractivity contribution in [1.82, 2.24) is 5.32 Å².